The van der Waals surface area contributed by atoms with Gasteiger partial charge in [0, 0.05) is 17.6 Å². The first-order valence-corrected chi connectivity index (χ1v) is 12.6. The second-order valence-electron chi connectivity index (χ2n) is 11.2. The zero-order valence-corrected chi connectivity index (χ0v) is 18.3. The van der Waals surface area contributed by atoms with Crippen molar-refractivity contribution >= 4 is 0 Å². The van der Waals surface area contributed by atoms with Gasteiger partial charge < -0.3 is 5.73 Å². The van der Waals surface area contributed by atoms with E-state index in [1.165, 1.54) is 96.3 Å². The number of rotatable bonds is 0. The Balaban J connectivity index is 1.52. The van der Waals surface area contributed by atoms with E-state index in [9.17, 15) is 0 Å². The van der Waals surface area contributed by atoms with E-state index in [-0.39, 0.29) is 5.54 Å². The van der Waals surface area contributed by atoms with Gasteiger partial charge in [-0.2, -0.15) is 0 Å². The maximum Gasteiger partial charge on any atom is 0.0129 e. The molecule has 4 fully saturated rings. The van der Waals surface area contributed by atoms with E-state index >= 15 is 0 Å². The first-order valence-electron chi connectivity index (χ1n) is 12.6. The van der Waals surface area contributed by atoms with Crippen LogP contribution in [-0.2, 0) is 0 Å². The fourth-order valence-electron chi connectivity index (χ4n) is 7.46. The zero-order chi connectivity index (χ0) is 18.9. The Morgan fingerprint density at radius 2 is 1.30 bits per heavy atom. The van der Waals surface area contributed by atoms with Crippen LogP contribution in [0.25, 0.3) is 0 Å². The molecule has 0 aromatic carbocycles. The molecule has 0 amide bonds. The molecule has 3 aliphatic carbocycles. The zero-order valence-electron chi connectivity index (χ0n) is 18.3. The van der Waals surface area contributed by atoms with Crippen LogP contribution in [0.5, 0.6) is 0 Å². The largest absolute Gasteiger partial charge is 0.325 e. The Kier molecular flexibility index (Phi) is 6.54. The molecule has 27 heavy (non-hydrogen) atoms. The fraction of sp³-hybridized carbons (Fsp3) is 1.00. The molecule has 0 radical (unpaired) electrons. The van der Waals surface area contributed by atoms with E-state index in [0.29, 0.717) is 0 Å². The van der Waals surface area contributed by atoms with E-state index < -0.39 is 0 Å². The van der Waals surface area contributed by atoms with Crippen molar-refractivity contribution in [3.63, 3.8) is 0 Å². The van der Waals surface area contributed by atoms with E-state index in [2.05, 4.69) is 18.9 Å². The Hall–Kier alpha value is -0.0800. The molecule has 0 spiro atoms. The summed E-state index contributed by atoms with van der Waals surface area (Å²) in [6.07, 6.45) is 23.0. The smallest absolute Gasteiger partial charge is 0.0129 e. The van der Waals surface area contributed by atoms with Crippen molar-refractivity contribution in [3.05, 3.63) is 0 Å². The van der Waals surface area contributed by atoms with Crippen LogP contribution in [0.3, 0.4) is 0 Å². The van der Waals surface area contributed by atoms with Gasteiger partial charge in [0.05, 0.1) is 0 Å². The standard InChI is InChI=1S/C25H46N2/c1-25(26)16-10-12-19-18-21(19)24-20-13-8-6-4-3-5-7-9-14-22(20)27(2)23(24)15-11-17-25/h19-24H,3-18,26H2,1-2H3. The van der Waals surface area contributed by atoms with Crippen LogP contribution in [0.1, 0.15) is 110 Å². The molecule has 2 nitrogen and oxygen atoms in total. The summed E-state index contributed by atoms with van der Waals surface area (Å²) in [5.74, 6) is 4.10. The minimum atomic E-state index is 0.0806. The SMILES string of the molecule is CN1C2CCCCCCCCCC2C2C3CC3CCCC(C)(N)CCCC21. The number of likely N-dealkylation sites (tertiary alicyclic amines) is 1. The predicted octanol–water partition coefficient (Wildman–Crippen LogP) is 6.13. The molecule has 1 saturated heterocycles. The third-order valence-electron chi connectivity index (χ3n) is 9.06. The summed E-state index contributed by atoms with van der Waals surface area (Å²) in [6.45, 7) is 2.31. The predicted molar refractivity (Wildman–Crippen MR) is 116 cm³/mol. The topological polar surface area (TPSA) is 29.3 Å². The molecule has 1 heterocycles. The van der Waals surface area contributed by atoms with Crippen molar-refractivity contribution in [1.29, 1.82) is 0 Å². The van der Waals surface area contributed by atoms with Gasteiger partial charge in [0.1, 0.15) is 0 Å². The van der Waals surface area contributed by atoms with E-state index in [1.807, 2.05) is 0 Å². The monoisotopic (exact) mass is 374 g/mol. The minimum Gasteiger partial charge on any atom is -0.325 e. The lowest BCUT2D eigenvalue weighted by Crippen LogP contribution is -2.37. The fourth-order valence-corrected chi connectivity index (χ4v) is 7.46. The van der Waals surface area contributed by atoms with Crippen LogP contribution in [0, 0.1) is 23.7 Å². The molecule has 7 unspecified atom stereocenters. The van der Waals surface area contributed by atoms with Crippen molar-refractivity contribution in [1.82, 2.24) is 4.90 Å². The molecule has 156 valence electrons. The molecule has 7 atom stereocenters. The quantitative estimate of drug-likeness (QED) is 0.552. The van der Waals surface area contributed by atoms with Crippen molar-refractivity contribution in [2.24, 2.45) is 29.4 Å². The van der Waals surface area contributed by atoms with Gasteiger partial charge >= 0.3 is 0 Å². The number of hydrogen-bond donors (Lipinski definition) is 1. The van der Waals surface area contributed by atoms with Gasteiger partial charge in [-0.15, -0.1) is 0 Å². The lowest BCUT2D eigenvalue weighted by Gasteiger charge is -2.30. The summed E-state index contributed by atoms with van der Waals surface area (Å²) in [7, 11) is 2.50. The van der Waals surface area contributed by atoms with Gasteiger partial charge in [-0.3, -0.25) is 4.90 Å². The first kappa shape index (κ1) is 20.2. The molecular weight excluding hydrogens is 328 g/mol. The molecule has 0 aromatic rings. The summed E-state index contributed by atoms with van der Waals surface area (Å²) in [5.41, 5.74) is 6.72. The number of nitrogens with zero attached hydrogens (tertiary/aromatic N) is 1. The van der Waals surface area contributed by atoms with Crippen LogP contribution in [0.2, 0.25) is 0 Å². The molecule has 2 heteroatoms. The van der Waals surface area contributed by atoms with E-state index in [4.69, 9.17) is 5.73 Å². The normalized spacial score (nSPS) is 47.7. The van der Waals surface area contributed by atoms with Gasteiger partial charge in [-0.1, -0.05) is 64.2 Å². The summed E-state index contributed by atoms with van der Waals surface area (Å²) in [4.78, 5) is 2.90. The van der Waals surface area contributed by atoms with Crippen molar-refractivity contribution in [2.45, 2.75) is 127 Å². The lowest BCUT2D eigenvalue weighted by molar-refractivity contribution is 0.188. The Morgan fingerprint density at radius 1 is 0.704 bits per heavy atom. The third kappa shape index (κ3) is 4.74. The minimum absolute atomic E-state index is 0.0806. The highest BCUT2D eigenvalue weighted by Crippen LogP contribution is 2.57. The van der Waals surface area contributed by atoms with Gasteiger partial charge in [-0.25, -0.2) is 0 Å². The van der Waals surface area contributed by atoms with Crippen molar-refractivity contribution in [3.8, 4) is 0 Å². The maximum atomic E-state index is 6.64. The highest BCUT2D eigenvalue weighted by atomic mass is 15.2. The van der Waals surface area contributed by atoms with Gasteiger partial charge in [0.15, 0.2) is 0 Å². The molecule has 2 N–H and O–H groups in total. The summed E-state index contributed by atoms with van der Waals surface area (Å²) in [5, 5.41) is 0. The Bertz CT molecular complexity index is 473. The molecule has 0 bridgehead atoms. The second-order valence-corrected chi connectivity index (χ2v) is 11.2. The number of nitrogens with two attached hydrogens (primary N) is 1. The molecule has 4 rings (SSSR count). The van der Waals surface area contributed by atoms with Crippen LogP contribution in [-0.4, -0.2) is 29.6 Å². The molecule has 0 aromatic heterocycles. The Labute approximate surface area is 169 Å². The summed E-state index contributed by atoms with van der Waals surface area (Å²) in [6, 6.07) is 1.73. The second kappa shape index (κ2) is 8.74. The average molecular weight is 375 g/mol. The number of fused-ring (bicyclic) bond motifs is 5. The Morgan fingerprint density at radius 3 is 2.04 bits per heavy atom. The summed E-state index contributed by atoms with van der Waals surface area (Å²) >= 11 is 0. The highest BCUT2D eigenvalue weighted by Gasteiger charge is 2.55. The van der Waals surface area contributed by atoms with Crippen LogP contribution in [0.4, 0.5) is 0 Å². The van der Waals surface area contributed by atoms with E-state index in [0.717, 1.165) is 35.8 Å². The molecule has 3 saturated carbocycles. The van der Waals surface area contributed by atoms with Gasteiger partial charge in [-0.05, 0) is 76.2 Å². The van der Waals surface area contributed by atoms with Crippen molar-refractivity contribution < 1.29 is 0 Å². The summed E-state index contributed by atoms with van der Waals surface area (Å²) < 4.78 is 0. The molecular formula is C25H46N2. The van der Waals surface area contributed by atoms with Crippen LogP contribution in [0.15, 0.2) is 0 Å². The van der Waals surface area contributed by atoms with Crippen LogP contribution >= 0.6 is 0 Å². The third-order valence-corrected chi connectivity index (χ3v) is 9.06. The van der Waals surface area contributed by atoms with Crippen molar-refractivity contribution in [2.75, 3.05) is 7.05 Å². The van der Waals surface area contributed by atoms with Crippen LogP contribution < -0.4 is 5.73 Å². The van der Waals surface area contributed by atoms with E-state index in [1.54, 1.807) is 6.42 Å². The number of hydrogen-bond acceptors (Lipinski definition) is 2. The molecule has 1 aliphatic heterocycles. The lowest BCUT2D eigenvalue weighted by atomic mass is 9.77. The van der Waals surface area contributed by atoms with Gasteiger partial charge in [0.2, 0.25) is 0 Å². The highest BCUT2D eigenvalue weighted by molar-refractivity contribution is 5.07. The maximum absolute atomic E-state index is 6.64. The van der Waals surface area contributed by atoms with Gasteiger partial charge in [0.25, 0.3) is 0 Å². The average Bonchev–Trinajstić information content (AvgIpc) is 3.34. The molecule has 4 aliphatic rings. The first-order chi connectivity index (χ1) is 13.1.